The summed E-state index contributed by atoms with van der Waals surface area (Å²) in [5.74, 6) is 2.20. The van der Waals surface area contributed by atoms with Gasteiger partial charge in [-0.2, -0.15) is 4.98 Å². The maximum Gasteiger partial charge on any atom is 0.280 e. The Morgan fingerprint density at radius 1 is 1.03 bits per heavy atom. The van der Waals surface area contributed by atoms with Gasteiger partial charge < -0.3 is 15.0 Å². The Morgan fingerprint density at radius 2 is 1.79 bits per heavy atom. The summed E-state index contributed by atoms with van der Waals surface area (Å²) < 4.78 is 7.83. The Labute approximate surface area is 222 Å². The van der Waals surface area contributed by atoms with Gasteiger partial charge in [-0.1, -0.05) is 42.8 Å². The SMILES string of the molecule is CCCn1c(NCc2ccc(C)cc2)nc2nc(C34CCC(COc5ccccn5)(CC3)CC4)[nH]c2c1=O. The molecule has 3 heterocycles. The van der Waals surface area contributed by atoms with E-state index in [4.69, 9.17) is 14.7 Å². The second-order valence-electron chi connectivity index (χ2n) is 11.3. The highest BCUT2D eigenvalue weighted by Gasteiger charge is 2.51. The van der Waals surface area contributed by atoms with Gasteiger partial charge in [0.2, 0.25) is 11.8 Å². The second-order valence-corrected chi connectivity index (χ2v) is 11.3. The summed E-state index contributed by atoms with van der Waals surface area (Å²) in [5.41, 5.74) is 3.53. The van der Waals surface area contributed by atoms with E-state index in [1.165, 1.54) is 5.56 Å². The summed E-state index contributed by atoms with van der Waals surface area (Å²) >= 11 is 0. The number of rotatable bonds is 9. The zero-order chi connectivity index (χ0) is 26.2. The van der Waals surface area contributed by atoms with Gasteiger partial charge in [0.05, 0.1) is 6.61 Å². The molecule has 0 aliphatic heterocycles. The van der Waals surface area contributed by atoms with Crippen LogP contribution in [0, 0.1) is 12.3 Å². The zero-order valence-corrected chi connectivity index (χ0v) is 22.3. The Balaban J connectivity index is 1.23. The molecule has 0 unspecified atom stereocenters. The first kappa shape index (κ1) is 24.6. The van der Waals surface area contributed by atoms with Gasteiger partial charge in [0, 0.05) is 36.2 Å². The normalized spacial score (nSPS) is 22.6. The first-order valence-electron chi connectivity index (χ1n) is 13.8. The maximum absolute atomic E-state index is 13.6. The van der Waals surface area contributed by atoms with Crippen LogP contribution in [0.1, 0.15) is 68.8 Å². The highest BCUT2D eigenvalue weighted by molar-refractivity contribution is 5.71. The van der Waals surface area contributed by atoms with Crippen molar-refractivity contribution in [1.82, 2.24) is 24.5 Å². The summed E-state index contributed by atoms with van der Waals surface area (Å²) in [6, 6.07) is 14.2. The first-order chi connectivity index (χ1) is 18.5. The van der Waals surface area contributed by atoms with Crippen molar-refractivity contribution in [3.8, 4) is 5.88 Å². The third-order valence-corrected chi connectivity index (χ3v) is 8.70. The van der Waals surface area contributed by atoms with Gasteiger partial charge in [0.25, 0.3) is 5.56 Å². The highest BCUT2D eigenvalue weighted by atomic mass is 16.5. The second kappa shape index (κ2) is 9.89. The fourth-order valence-corrected chi connectivity index (χ4v) is 6.18. The topological polar surface area (TPSA) is 97.7 Å². The molecule has 3 aliphatic rings. The van der Waals surface area contributed by atoms with Crippen molar-refractivity contribution in [1.29, 1.82) is 0 Å². The number of benzene rings is 1. The Hall–Kier alpha value is -3.68. The van der Waals surface area contributed by atoms with E-state index in [0.717, 1.165) is 56.3 Å². The monoisotopic (exact) mass is 512 g/mol. The number of nitrogens with zero attached hydrogens (tertiary/aromatic N) is 4. The van der Waals surface area contributed by atoms with Gasteiger partial charge in [0.15, 0.2) is 11.2 Å². The lowest BCUT2D eigenvalue weighted by molar-refractivity contribution is -0.00257. The minimum absolute atomic E-state index is 0.0229. The molecule has 0 spiro atoms. The third-order valence-electron chi connectivity index (χ3n) is 8.70. The molecule has 0 amide bonds. The number of fused-ring (bicyclic) bond motifs is 4. The fraction of sp³-hybridized carbons (Fsp3) is 0.467. The molecule has 3 aromatic heterocycles. The van der Waals surface area contributed by atoms with Crippen LogP contribution in [-0.2, 0) is 18.5 Å². The number of H-pyrrole nitrogens is 1. The molecule has 3 aliphatic carbocycles. The highest BCUT2D eigenvalue weighted by Crippen LogP contribution is 2.57. The molecule has 4 aromatic rings. The van der Waals surface area contributed by atoms with Crippen LogP contribution in [0.25, 0.3) is 11.2 Å². The molecule has 7 rings (SSSR count). The van der Waals surface area contributed by atoms with Crippen molar-refractivity contribution in [2.45, 2.75) is 77.3 Å². The van der Waals surface area contributed by atoms with Crippen molar-refractivity contribution in [3.63, 3.8) is 0 Å². The van der Waals surface area contributed by atoms with Gasteiger partial charge >= 0.3 is 0 Å². The lowest BCUT2D eigenvalue weighted by atomic mass is 9.53. The van der Waals surface area contributed by atoms with Gasteiger partial charge in [-0.05, 0) is 63.5 Å². The molecule has 8 nitrogen and oxygen atoms in total. The molecule has 0 radical (unpaired) electrons. The van der Waals surface area contributed by atoms with E-state index in [1.54, 1.807) is 10.8 Å². The predicted octanol–water partition coefficient (Wildman–Crippen LogP) is 5.52. The molecule has 38 heavy (non-hydrogen) atoms. The van der Waals surface area contributed by atoms with Gasteiger partial charge in [-0.25, -0.2) is 9.97 Å². The zero-order valence-electron chi connectivity index (χ0n) is 22.3. The Bertz CT molecular complexity index is 1450. The van der Waals surface area contributed by atoms with Crippen LogP contribution in [0.2, 0.25) is 0 Å². The average molecular weight is 513 g/mol. The number of aromatic amines is 1. The minimum atomic E-state index is -0.0527. The quantitative estimate of drug-likeness (QED) is 0.307. The number of aromatic nitrogens is 5. The summed E-state index contributed by atoms with van der Waals surface area (Å²) in [6.07, 6.45) is 9.02. The molecule has 2 bridgehead atoms. The lowest BCUT2D eigenvalue weighted by Crippen LogP contribution is -2.47. The van der Waals surface area contributed by atoms with Crippen LogP contribution in [-0.4, -0.2) is 31.1 Å². The van der Waals surface area contributed by atoms with Crippen molar-refractivity contribution in [2.75, 3.05) is 11.9 Å². The number of anilines is 1. The van der Waals surface area contributed by atoms with Crippen LogP contribution in [0.5, 0.6) is 5.88 Å². The van der Waals surface area contributed by atoms with Crippen LogP contribution in [0.4, 0.5) is 5.95 Å². The van der Waals surface area contributed by atoms with Gasteiger partial charge in [0.1, 0.15) is 5.82 Å². The molecule has 0 atom stereocenters. The van der Waals surface area contributed by atoms with Crippen LogP contribution in [0.15, 0.2) is 53.5 Å². The van der Waals surface area contributed by atoms with Crippen molar-refractivity contribution >= 4 is 17.1 Å². The van der Waals surface area contributed by atoms with E-state index in [0.29, 0.717) is 42.7 Å². The molecule has 3 saturated carbocycles. The van der Waals surface area contributed by atoms with Crippen molar-refractivity contribution in [3.05, 3.63) is 76.0 Å². The predicted molar refractivity (Wildman–Crippen MR) is 148 cm³/mol. The average Bonchev–Trinajstić information content (AvgIpc) is 3.40. The number of hydrogen-bond donors (Lipinski definition) is 2. The van der Waals surface area contributed by atoms with E-state index in [-0.39, 0.29) is 16.4 Å². The third kappa shape index (κ3) is 4.57. The standard InChI is InChI=1S/C30H36N6O2/c1-3-18-36-26(37)24-25(35-28(36)32-19-22-9-7-21(2)8-10-22)34-27(33-24)30-14-11-29(12-15-30,13-16-30)20-38-23-6-4-5-17-31-23/h4-10,17H,3,11-16,18-20H2,1-2H3,(H,32,35)(H,33,34). The van der Waals surface area contributed by atoms with E-state index >= 15 is 0 Å². The number of hydrogen-bond acceptors (Lipinski definition) is 6. The maximum atomic E-state index is 13.6. The van der Waals surface area contributed by atoms with E-state index in [2.05, 4.69) is 53.4 Å². The lowest BCUT2D eigenvalue weighted by Gasteiger charge is -2.52. The number of pyridine rings is 1. The number of aryl methyl sites for hydroxylation is 1. The minimum Gasteiger partial charge on any atom is -0.477 e. The van der Waals surface area contributed by atoms with Gasteiger partial charge in [-0.3, -0.25) is 9.36 Å². The van der Waals surface area contributed by atoms with Crippen LogP contribution >= 0.6 is 0 Å². The Kier molecular flexibility index (Phi) is 6.41. The smallest absolute Gasteiger partial charge is 0.280 e. The fourth-order valence-electron chi connectivity index (χ4n) is 6.18. The van der Waals surface area contributed by atoms with E-state index < -0.39 is 0 Å². The molecule has 1 aromatic carbocycles. The largest absolute Gasteiger partial charge is 0.477 e. The molecule has 198 valence electrons. The number of imidazole rings is 1. The first-order valence-corrected chi connectivity index (χ1v) is 13.8. The summed E-state index contributed by atoms with van der Waals surface area (Å²) in [5, 5.41) is 3.40. The van der Waals surface area contributed by atoms with E-state index in [1.807, 2.05) is 18.2 Å². The van der Waals surface area contributed by atoms with Crippen LogP contribution < -0.4 is 15.6 Å². The summed E-state index contributed by atoms with van der Waals surface area (Å²) in [7, 11) is 0. The molecule has 2 N–H and O–H groups in total. The molecular formula is C30H36N6O2. The Morgan fingerprint density at radius 3 is 2.47 bits per heavy atom. The molecule has 0 saturated heterocycles. The summed E-state index contributed by atoms with van der Waals surface area (Å²) in [4.78, 5) is 31.1. The number of ether oxygens (including phenoxy) is 1. The molecular weight excluding hydrogens is 476 g/mol. The van der Waals surface area contributed by atoms with Crippen LogP contribution in [0.3, 0.4) is 0 Å². The molecule has 8 heteroatoms. The van der Waals surface area contributed by atoms with Gasteiger partial charge in [-0.15, -0.1) is 0 Å². The van der Waals surface area contributed by atoms with E-state index in [9.17, 15) is 4.79 Å². The number of nitrogens with one attached hydrogen (secondary N) is 2. The summed E-state index contributed by atoms with van der Waals surface area (Å²) in [6.45, 7) is 6.07. The van der Waals surface area contributed by atoms with Crippen molar-refractivity contribution in [2.24, 2.45) is 5.41 Å². The molecule has 3 fully saturated rings. The van der Waals surface area contributed by atoms with Crippen molar-refractivity contribution < 1.29 is 4.74 Å².